The van der Waals surface area contributed by atoms with Crippen LogP contribution in [0.2, 0.25) is 0 Å². The maximum absolute atomic E-state index is 10.6. The molecule has 0 atom stereocenters. The van der Waals surface area contributed by atoms with Crippen LogP contribution in [0.4, 0.5) is 0 Å². The van der Waals surface area contributed by atoms with E-state index in [4.69, 9.17) is 15.0 Å². The summed E-state index contributed by atoms with van der Waals surface area (Å²) >= 11 is 0. The van der Waals surface area contributed by atoms with Crippen molar-refractivity contribution in [3.63, 3.8) is 0 Å². The standard InChI is InChI=1S/C11H8O2.C2H4O2/c12-11(13)10-6-5-8-3-1-2-4-9(8)7-10;1-2(3)4/h1-7H,(H,12,13);1H3,(H,3,4). The van der Waals surface area contributed by atoms with Gasteiger partial charge in [0.2, 0.25) is 0 Å². The van der Waals surface area contributed by atoms with Crippen molar-refractivity contribution in [2.24, 2.45) is 0 Å². The van der Waals surface area contributed by atoms with E-state index < -0.39 is 11.9 Å². The molecule has 0 unspecified atom stereocenters. The first-order chi connectivity index (χ1) is 8.00. The molecule has 0 aliphatic carbocycles. The number of carboxylic acid groups (broad SMARTS) is 2. The Bertz CT molecular complexity index is 542. The fraction of sp³-hybridized carbons (Fsp3) is 0.0769. The van der Waals surface area contributed by atoms with Gasteiger partial charge in [0, 0.05) is 6.92 Å². The van der Waals surface area contributed by atoms with Gasteiger partial charge in [-0.3, -0.25) is 4.79 Å². The van der Waals surface area contributed by atoms with Crippen LogP contribution < -0.4 is 0 Å². The molecule has 0 amide bonds. The first kappa shape index (κ1) is 12.7. The van der Waals surface area contributed by atoms with Gasteiger partial charge in [-0.15, -0.1) is 0 Å². The van der Waals surface area contributed by atoms with Gasteiger partial charge in [-0.2, -0.15) is 0 Å². The predicted molar refractivity (Wildman–Crippen MR) is 64.2 cm³/mol. The van der Waals surface area contributed by atoms with E-state index in [9.17, 15) is 4.79 Å². The lowest BCUT2D eigenvalue weighted by atomic mass is 10.1. The van der Waals surface area contributed by atoms with E-state index in [-0.39, 0.29) is 0 Å². The molecule has 2 N–H and O–H groups in total. The Morgan fingerprint density at radius 1 is 0.941 bits per heavy atom. The molecule has 4 heteroatoms. The van der Waals surface area contributed by atoms with E-state index in [1.165, 1.54) is 0 Å². The summed E-state index contributed by atoms with van der Waals surface area (Å²) < 4.78 is 0. The number of hydrogen-bond donors (Lipinski definition) is 2. The molecule has 0 aliphatic rings. The van der Waals surface area contributed by atoms with Crippen molar-refractivity contribution in [3.05, 3.63) is 48.0 Å². The first-order valence-electron chi connectivity index (χ1n) is 4.92. The van der Waals surface area contributed by atoms with Crippen LogP contribution >= 0.6 is 0 Å². The van der Waals surface area contributed by atoms with Gasteiger partial charge < -0.3 is 10.2 Å². The van der Waals surface area contributed by atoms with Crippen LogP contribution in [0.15, 0.2) is 42.5 Å². The molecule has 17 heavy (non-hydrogen) atoms. The van der Waals surface area contributed by atoms with Crippen LogP contribution in [-0.4, -0.2) is 22.2 Å². The Morgan fingerprint density at radius 3 is 2.00 bits per heavy atom. The van der Waals surface area contributed by atoms with E-state index in [1.54, 1.807) is 12.1 Å². The van der Waals surface area contributed by atoms with Gasteiger partial charge in [0.05, 0.1) is 5.56 Å². The number of aliphatic carboxylic acids is 1. The van der Waals surface area contributed by atoms with Crippen molar-refractivity contribution in [1.29, 1.82) is 0 Å². The molecule has 0 aromatic heterocycles. The maximum Gasteiger partial charge on any atom is 0.335 e. The van der Waals surface area contributed by atoms with Crippen molar-refractivity contribution >= 4 is 22.7 Å². The molecule has 0 aliphatic heterocycles. The Morgan fingerprint density at radius 2 is 1.47 bits per heavy atom. The fourth-order valence-electron chi connectivity index (χ4n) is 1.32. The largest absolute Gasteiger partial charge is 0.481 e. The number of carbonyl (C=O) groups is 2. The smallest absolute Gasteiger partial charge is 0.335 e. The lowest BCUT2D eigenvalue weighted by Gasteiger charge is -1.98. The number of aromatic carboxylic acids is 1. The van der Waals surface area contributed by atoms with E-state index in [2.05, 4.69) is 0 Å². The molecule has 2 aromatic rings. The Labute approximate surface area is 98.1 Å². The minimum absolute atomic E-state index is 0.332. The summed E-state index contributed by atoms with van der Waals surface area (Å²) in [7, 11) is 0. The second-order valence-corrected chi connectivity index (χ2v) is 3.39. The summed E-state index contributed by atoms with van der Waals surface area (Å²) in [6.07, 6.45) is 0. The molecule has 0 fully saturated rings. The van der Waals surface area contributed by atoms with Crippen LogP contribution in [0, 0.1) is 0 Å². The third-order valence-electron chi connectivity index (χ3n) is 2.00. The SMILES string of the molecule is CC(=O)O.O=C(O)c1ccc2ccccc2c1. The Hall–Kier alpha value is -2.36. The molecule has 0 radical (unpaired) electrons. The monoisotopic (exact) mass is 232 g/mol. The van der Waals surface area contributed by atoms with E-state index in [1.807, 2.05) is 30.3 Å². The second kappa shape index (κ2) is 5.65. The van der Waals surface area contributed by atoms with Crippen LogP contribution in [0.25, 0.3) is 10.8 Å². The number of carboxylic acids is 2. The van der Waals surface area contributed by atoms with Crippen LogP contribution in [0.5, 0.6) is 0 Å². The summed E-state index contributed by atoms with van der Waals surface area (Å²) in [4.78, 5) is 19.6. The van der Waals surface area contributed by atoms with Crippen molar-refractivity contribution in [1.82, 2.24) is 0 Å². The summed E-state index contributed by atoms with van der Waals surface area (Å²) in [5.41, 5.74) is 0.332. The predicted octanol–water partition coefficient (Wildman–Crippen LogP) is 2.63. The molecule has 2 aromatic carbocycles. The van der Waals surface area contributed by atoms with Gasteiger partial charge in [-0.05, 0) is 22.9 Å². The maximum atomic E-state index is 10.6. The zero-order valence-electron chi connectivity index (χ0n) is 9.25. The molecule has 88 valence electrons. The van der Waals surface area contributed by atoms with Crippen molar-refractivity contribution < 1.29 is 19.8 Å². The zero-order chi connectivity index (χ0) is 12.8. The number of rotatable bonds is 1. The average Bonchev–Trinajstić information content (AvgIpc) is 2.27. The molecule has 0 saturated carbocycles. The van der Waals surface area contributed by atoms with Gasteiger partial charge >= 0.3 is 5.97 Å². The fourth-order valence-corrected chi connectivity index (χ4v) is 1.32. The molecule has 0 saturated heterocycles. The number of hydrogen-bond acceptors (Lipinski definition) is 2. The molecular formula is C13H12O4. The van der Waals surface area contributed by atoms with Crippen molar-refractivity contribution in [2.75, 3.05) is 0 Å². The van der Waals surface area contributed by atoms with Gasteiger partial charge in [0.1, 0.15) is 0 Å². The zero-order valence-corrected chi connectivity index (χ0v) is 9.25. The highest BCUT2D eigenvalue weighted by atomic mass is 16.4. The Kier molecular flexibility index (Phi) is 4.22. The summed E-state index contributed by atoms with van der Waals surface area (Å²) in [5, 5.41) is 18.2. The average molecular weight is 232 g/mol. The molecule has 0 spiro atoms. The highest BCUT2D eigenvalue weighted by molar-refractivity contribution is 5.94. The van der Waals surface area contributed by atoms with Gasteiger partial charge in [-0.25, -0.2) is 4.79 Å². The van der Waals surface area contributed by atoms with Gasteiger partial charge in [0.15, 0.2) is 0 Å². The molecule has 0 bridgehead atoms. The molecule has 4 nitrogen and oxygen atoms in total. The topological polar surface area (TPSA) is 74.6 Å². The minimum atomic E-state index is -0.884. The normalized spacial score (nSPS) is 9.24. The second-order valence-electron chi connectivity index (χ2n) is 3.39. The lowest BCUT2D eigenvalue weighted by Crippen LogP contribution is -1.94. The highest BCUT2D eigenvalue weighted by Gasteiger charge is 2.01. The number of benzene rings is 2. The van der Waals surface area contributed by atoms with Gasteiger partial charge in [-0.1, -0.05) is 30.3 Å². The summed E-state index contributed by atoms with van der Waals surface area (Å²) in [5.74, 6) is -1.72. The summed E-state index contributed by atoms with van der Waals surface area (Å²) in [6.45, 7) is 1.08. The first-order valence-corrected chi connectivity index (χ1v) is 4.92. The third-order valence-corrected chi connectivity index (χ3v) is 2.00. The Balaban J connectivity index is 0.000000317. The van der Waals surface area contributed by atoms with Crippen LogP contribution in [0.3, 0.4) is 0 Å². The lowest BCUT2D eigenvalue weighted by molar-refractivity contribution is -0.134. The molecule has 0 heterocycles. The quantitative estimate of drug-likeness (QED) is 0.792. The van der Waals surface area contributed by atoms with E-state index in [0.717, 1.165) is 17.7 Å². The van der Waals surface area contributed by atoms with E-state index in [0.29, 0.717) is 5.56 Å². The van der Waals surface area contributed by atoms with Crippen molar-refractivity contribution in [3.8, 4) is 0 Å². The highest BCUT2D eigenvalue weighted by Crippen LogP contribution is 2.15. The molecule has 2 rings (SSSR count). The molecular weight excluding hydrogens is 220 g/mol. The van der Waals surface area contributed by atoms with Gasteiger partial charge in [0.25, 0.3) is 5.97 Å². The van der Waals surface area contributed by atoms with Crippen LogP contribution in [0.1, 0.15) is 17.3 Å². The van der Waals surface area contributed by atoms with Crippen molar-refractivity contribution in [2.45, 2.75) is 6.92 Å². The minimum Gasteiger partial charge on any atom is -0.481 e. The number of fused-ring (bicyclic) bond motifs is 1. The third kappa shape index (κ3) is 3.95. The van der Waals surface area contributed by atoms with E-state index >= 15 is 0 Å². The van der Waals surface area contributed by atoms with Crippen LogP contribution in [-0.2, 0) is 4.79 Å². The summed E-state index contributed by atoms with van der Waals surface area (Å²) in [6, 6.07) is 12.8.